The zero-order valence-electron chi connectivity index (χ0n) is 22.7. The SMILES string of the molecule is CC1=NCC=C(n2ncc(-c3cc4c([C@@H](C)NC5=CC=C(F)CC5C(F)(F)F)cc(F)cc4c(=O)n3C)cc2=O)C=N1. The molecule has 8 nitrogen and oxygen atoms in total. The van der Waals surface area contributed by atoms with Crippen molar-refractivity contribution in [3.8, 4) is 11.3 Å². The summed E-state index contributed by atoms with van der Waals surface area (Å²) in [5, 5.41) is 7.25. The first kappa shape index (κ1) is 28.8. The fourth-order valence-electron chi connectivity index (χ4n) is 4.98. The van der Waals surface area contributed by atoms with Gasteiger partial charge in [0.25, 0.3) is 11.1 Å². The van der Waals surface area contributed by atoms with Crippen LogP contribution in [0.2, 0.25) is 0 Å². The molecule has 0 spiro atoms. The van der Waals surface area contributed by atoms with Gasteiger partial charge in [-0.2, -0.15) is 23.0 Å². The lowest BCUT2D eigenvalue weighted by atomic mass is 9.93. The number of aliphatic imine (C=N–C) groups is 2. The third kappa shape index (κ3) is 5.58. The summed E-state index contributed by atoms with van der Waals surface area (Å²) in [4.78, 5) is 34.7. The van der Waals surface area contributed by atoms with Crippen LogP contribution in [-0.4, -0.2) is 39.1 Å². The van der Waals surface area contributed by atoms with E-state index in [4.69, 9.17) is 0 Å². The summed E-state index contributed by atoms with van der Waals surface area (Å²) in [6, 6.07) is 4.11. The Bertz CT molecular complexity index is 1860. The second-order valence-electron chi connectivity index (χ2n) is 10.0. The predicted molar refractivity (Wildman–Crippen MR) is 150 cm³/mol. The molecule has 13 heteroatoms. The number of fused-ring (bicyclic) bond motifs is 1. The molecule has 2 aliphatic rings. The highest BCUT2D eigenvalue weighted by Gasteiger charge is 2.44. The van der Waals surface area contributed by atoms with E-state index in [-0.39, 0.29) is 27.7 Å². The van der Waals surface area contributed by atoms with Gasteiger partial charge in [0.05, 0.1) is 35.7 Å². The molecule has 1 N–H and O–H groups in total. The number of nitrogens with zero attached hydrogens (tertiary/aromatic N) is 5. The van der Waals surface area contributed by atoms with E-state index in [1.807, 2.05) is 0 Å². The van der Waals surface area contributed by atoms with Crippen molar-refractivity contribution in [2.45, 2.75) is 32.5 Å². The third-order valence-corrected chi connectivity index (χ3v) is 7.16. The largest absolute Gasteiger partial charge is 0.397 e. The number of halogens is 5. The average molecular weight is 585 g/mol. The number of rotatable bonds is 5. The first-order valence-corrected chi connectivity index (χ1v) is 12.9. The first-order valence-electron chi connectivity index (χ1n) is 12.9. The second kappa shape index (κ2) is 11.0. The minimum absolute atomic E-state index is 0.00247. The Kier molecular flexibility index (Phi) is 7.52. The molecule has 42 heavy (non-hydrogen) atoms. The van der Waals surface area contributed by atoms with Gasteiger partial charge in [0.2, 0.25) is 0 Å². The highest BCUT2D eigenvalue weighted by atomic mass is 19.4. The number of nitrogens with one attached hydrogen (secondary N) is 1. The molecular formula is C29H25F5N6O2. The third-order valence-electron chi connectivity index (χ3n) is 7.16. The monoisotopic (exact) mass is 584 g/mol. The Balaban J connectivity index is 1.58. The van der Waals surface area contributed by atoms with Gasteiger partial charge in [0, 0.05) is 36.8 Å². The minimum Gasteiger partial charge on any atom is -0.381 e. The van der Waals surface area contributed by atoms with Gasteiger partial charge < -0.3 is 9.88 Å². The van der Waals surface area contributed by atoms with Crippen LogP contribution >= 0.6 is 0 Å². The molecule has 1 aliphatic heterocycles. The quantitative estimate of drug-likeness (QED) is 0.417. The number of hydrogen-bond donors (Lipinski definition) is 1. The van der Waals surface area contributed by atoms with Gasteiger partial charge in [0.15, 0.2) is 0 Å². The zero-order chi connectivity index (χ0) is 30.3. The molecular weight excluding hydrogens is 559 g/mol. The van der Waals surface area contributed by atoms with E-state index in [2.05, 4.69) is 20.4 Å². The van der Waals surface area contributed by atoms with Gasteiger partial charge in [-0.05, 0) is 61.2 Å². The molecule has 2 aromatic heterocycles. The number of pyridine rings is 1. The maximum atomic E-state index is 14.7. The summed E-state index contributed by atoms with van der Waals surface area (Å²) in [6.07, 6.45) is 0.950. The summed E-state index contributed by atoms with van der Waals surface area (Å²) in [5.74, 6) is -3.21. The number of benzene rings is 1. The van der Waals surface area contributed by atoms with Crippen molar-refractivity contribution in [1.29, 1.82) is 0 Å². The standard InChI is InChI=1S/C29H25F5N6O2/c1-15(38-25-5-4-18(30)11-24(25)29(32,33)34)21-9-19(31)10-23-22(21)12-26(39(3)28(23)42)17-8-27(41)40(37-13-17)20-6-7-35-16(2)36-14-20/h4-6,8-10,12-15,24,38H,7,11H2,1-3H3/t15-,24?/m1/s1. The van der Waals surface area contributed by atoms with Gasteiger partial charge >= 0.3 is 6.18 Å². The molecule has 0 fully saturated rings. The summed E-state index contributed by atoms with van der Waals surface area (Å²) >= 11 is 0. The molecule has 2 atom stereocenters. The number of aromatic nitrogens is 3. The van der Waals surface area contributed by atoms with Crippen molar-refractivity contribution in [3.63, 3.8) is 0 Å². The van der Waals surface area contributed by atoms with Crippen LogP contribution in [0.25, 0.3) is 27.7 Å². The van der Waals surface area contributed by atoms with E-state index in [0.717, 1.165) is 29.0 Å². The fourth-order valence-corrected chi connectivity index (χ4v) is 4.98. The van der Waals surface area contributed by atoms with Crippen molar-refractivity contribution < 1.29 is 22.0 Å². The molecule has 3 aromatic rings. The zero-order valence-corrected chi connectivity index (χ0v) is 22.7. The van der Waals surface area contributed by atoms with E-state index in [1.165, 1.54) is 37.0 Å². The Morgan fingerprint density at radius 3 is 2.55 bits per heavy atom. The number of amidine groups is 1. The van der Waals surface area contributed by atoms with Crippen molar-refractivity contribution in [1.82, 2.24) is 19.7 Å². The molecule has 0 amide bonds. The maximum absolute atomic E-state index is 14.7. The topological polar surface area (TPSA) is 93.6 Å². The maximum Gasteiger partial charge on any atom is 0.397 e. The summed E-state index contributed by atoms with van der Waals surface area (Å²) in [6.45, 7) is 3.55. The Morgan fingerprint density at radius 1 is 1.07 bits per heavy atom. The first-order chi connectivity index (χ1) is 19.8. The van der Waals surface area contributed by atoms with Gasteiger partial charge in [-0.25, -0.2) is 13.8 Å². The molecule has 0 bridgehead atoms. The number of hydrogen-bond acceptors (Lipinski definition) is 6. The lowest BCUT2D eigenvalue weighted by Gasteiger charge is -2.29. The molecule has 0 saturated carbocycles. The number of allylic oxidation sites excluding steroid dienone is 5. The van der Waals surface area contributed by atoms with Crippen molar-refractivity contribution in [2.75, 3.05) is 6.54 Å². The molecule has 1 aromatic carbocycles. The lowest BCUT2D eigenvalue weighted by Crippen LogP contribution is -2.34. The van der Waals surface area contributed by atoms with Crippen molar-refractivity contribution >= 4 is 28.5 Å². The van der Waals surface area contributed by atoms with Crippen LogP contribution in [-0.2, 0) is 7.05 Å². The smallest absolute Gasteiger partial charge is 0.381 e. The Hall–Kier alpha value is -4.68. The molecule has 0 saturated heterocycles. The van der Waals surface area contributed by atoms with E-state index >= 15 is 0 Å². The summed E-state index contributed by atoms with van der Waals surface area (Å²) in [5.41, 5.74) is -0.168. The van der Waals surface area contributed by atoms with Crippen LogP contribution in [0, 0.1) is 11.7 Å². The molecule has 0 radical (unpaired) electrons. The van der Waals surface area contributed by atoms with E-state index in [0.29, 0.717) is 23.6 Å². The van der Waals surface area contributed by atoms with Gasteiger partial charge in [-0.15, -0.1) is 0 Å². The van der Waals surface area contributed by atoms with Gasteiger partial charge in [-0.1, -0.05) is 0 Å². The van der Waals surface area contributed by atoms with Gasteiger partial charge in [0.1, 0.15) is 23.4 Å². The highest BCUT2D eigenvalue weighted by Crippen LogP contribution is 2.39. The minimum atomic E-state index is -4.71. The Morgan fingerprint density at radius 2 is 1.83 bits per heavy atom. The van der Waals surface area contributed by atoms with Gasteiger partial charge in [-0.3, -0.25) is 14.6 Å². The van der Waals surface area contributed by atoms with Crippen LogP contribution in [0.1, 0.15) is 31.9 Å². The fraction of sp³-hybridized carbons (Fsp3) is 0.276. The molecule has 1 aliphatic carbocycles. The van der Waals surface area contributed by atoms with E-state index in [9.17, 15) is 31.5 Å². The molecule has 218 valence electrons. The molecule has 1 unspecified atom stereocenters. The van der Waals surface area contributed by atoms with Crippen LogP contribution in [0.3, 0.4) is 0 Å². The van der Waals surface area contributed by atoms with Crippen LogP contribution in [0.4, 0.5) is 22.0 Å². The average Bonchev–Trinajstić information content (AvgIpc) is 3.15. The van der Waals surface area contributed by atoms with Crippen molar-refractivity contribution in [3.05, 3.63) is 92.3 Å². The van der Waals surface area contributed by atoms with Crippen LogP contribution in [0.15, 0.2) is 79.8 Å². The second-order valence-corrected chi connectivity index (χ2v) is 10.0. The normalized spacial score (nSPS) is 18.1. The summed E-state index contributed by atoms with van der Waals surface area (Å²) < 4.78 is 71.8. The van der Waals surface area contributed by atoms with Crippen molar-refractivity contribution in [2.24, 2.45) is 23.0 Å². The molecule has 5 rings (SSSR count). The highest BCUT2D eigenvalue weighted by molar-refractivity contribution is 6.08. The van der Waals surface area contributed by atoms with Crippen LogP contribution in [0.5, 0.6) is 0 Å². The predicted octanol–water partition coefficient (Wildman–Crippen LogP) is 5.22. The van der Waals surface area contributed by atoms with Crippen LogP contribution < -0.4 is 16.4 Å². The van der Waals surface area contributed by atoms with E-state index < -0.39 is 47.3 Å². The van der Waals surface area contributed by atoms with E-state index in [1.54, 1.807) is 19.1 Å². The molecule has 3 heterocycles. The number of alkyl halides is 3. The lowest BCUT2D eigenvalue weighted by molar-refractivity contribution is -0.166. The Labute approximate surface area is 235 Å². The summed E-state index contributed by atoms with van der Waals surface area (Å²) in [7, 11) is 1.46.